The minimum Gasteiger partial charge on any atom is -0.496 e. The van der Waals surface area contributed by atoms with Gasteiger partial charge in [-0.25, -0.2) is 0 Å². The quantitative estimate of drug-likeness (QED) is 0.335. The van der Waals surface area contributed by atoms with Gasteiger partial charge in [-0.2, -0.15) is 9.97 Å². The Bertz CT molecular complexity index is 755. The Morgan fingerprint density at radius 2 is 1.47 bits per heavy atom. The highest BCUT2D eigenvalue weighted by Crippen LogP contribution is 2.22. The van der Waals surface area contributed by atoms with E-state index in [9.17, 15) is 0 Å². The molecule has 1 N–H and O–H groups in total. The summed E-state index contributed by atoms with van der Waals surface area (Å²) in [5.41, 5.74) is 0.947. The topological polar surface area (TPSA) is 74.7 Å². The molecule has 0 bridgehead atoms. The summed E-state index contributed by atoms with van der Waals surface area (Å²) in [4.78, 5) is 8.35. The van der Waals surface area contributed by atoms with E-state index in [2.05, 4.69) is 33.2 Å². The lowest BCUT2D eigenvalue weighted by molar-refractivity contribution is 0.277. The molecule has 0 saturated heterocycles. The molecular weight excluding hydrogens is 430 g/mol. The van der Waals surface area contributed by atoms with E-state index in [1.807, 2.05) is 71.0 Å². The lowest BCUT2D eigenvalue weighted by atomic mass is 10.2. The lowest BCUT2D eigenvalue weighted by Crippen LogP contribution is -2.05. The Hall–Kier alpha value is -3.32. The number of ether oxygens (including phenoxy) is 4. The summed E-state index contributed by atoms with van der Waals surface area (Å²) in [7, 11) is 6.41. The SMILES string of the molecule is C/C=C\C.C=CC=C.CC.CCNc1cc(OCc2ccccc2OC)nc(OC)n1.COC. The zero-order chi connectivity index (χ0) is 26.6. The van der Waals surface area contributed by atoms with Crippen LogP contribution < -0.4 is 19.5 Å². The second-order valence-electron chi connectivity index (χ2n) is 5.76. The van der Waals surface area contributed by atoms with Gasteiger partial charge in [0.25, 0.3) is 0 Å². The first-order valence-electron chi connectivity index (χ1n) is 11.1. The van der Waals surface area contributed by atoms with Crippen LogP contribution >= 0.6 is 0 Å². The van der Waals surface area contributed by atoms with Crippen molar-refractivity contribution in [2.75, 3.05) is 40.3 Å². The van der Waals surface area contributed by atoms with Gasteiger partial charge in [-0.1, -0.05) is 69.5 Å². The van der Waals surface area contributed by atoms with Crippen LogP contribution in [0.4, 0.5) is 5.82 Å². The first-order chi connectivity index (χ1) is 16.5. The first-order valence-corrected chi connectivity index (χ1v) is 11.1. The summed E-state index contributed by atoms with van der Waals surface area (Å²) in [6.07, 6.45) is 7.28. The molecule has 192 valence electrons. The first kappa shape index (κ1) is 35.3. The molecular formula is C27H45N3O4. The standard InChI is InChI=1S/C15H19N3O3.C4H8.C4H6.C2H6O.C2H6/c1-4-16-13-9-14(18-15(17-13)20-3)21-10-11-7-5-6-8-12(11)19-2;2*1-3-4-2;1-3-2;1-2/h5-9H,4,10H2,1-3H3,(H,16,17,18);3-4H,1-2H3;3-4H,1-2H2;1-2H3;1-2H3/b;4-3-;;;. The van der Waals surface area contributed by atoms with Crippen LogP contribution in [0.15, 0.2) is 67.8 Å². The van der Waals surface area contributed by atoms with Crippen molar-refractivity contribution in [2.45, 2.75) is 41.2 Å². The fourth-order valence-electron chi connectivity index (χ4n) is 1.81. The number of benzene rings is 1. The molecule has 0 aliphatic rings. The maximum absolute atomic E-state index is 5.71. The molecule has 1 aromatic carbocycles. The third-order valence-corrected chi connectivity index (χ3v) is 3.29. The van der Waals surface area contributed by atoms with Crippen LogP contribution in [0, 0.1) is 0 Å². The fraction of sp³-hybridized carbons (Fsp3) is 0.407. The maximum Gasteiger partial charge on any atom is 0.321 e. The summed E-state index contributed by atoms with van der Waals surface area (Å²) in [6.45, 7) is 17.8. The molecule has 0 fully saturated rings. The van der Waals surface area contributed by atoms with E-state index in [1.54, 1.807) is 39.5 Å². The molecule has 0 aliphatic carbocycles. The molecule has 0 radical (unpaired) electrons. The van der Waals surface area contributed by atoms with Gasteiger partial charge < -0.3 is 24.3 Å². The van der Waals surface area contributed by atoms with E-state index in [0.29, 0.717) is 18.3 Å². The van der Waals surface area contributed by atoms with Gasteiger partial charge in [-0.3, -0.25) is 0 Å². The predicted octanol–water partition coefficient (Wildman–Crippen LogP) is 6.73. The minimum atomic E-state index is 0.267. The number of nitrogens with one attached hydrogen (secondary N) is 1. The second kappa shape index (κ2) is 27.7. The zero-order valence-electron chi connectivity index (χ0n) is 22.6. The molecule has 0 atom stereocenters. The molecule has 1 aromatic heterocycles. The molecule has 7 heteroatoms. The number of nitrogens with zero attached hydrogens (tertiary/aromatic N) is 2. The Labute approximate surface area is 207 Å². The third kappa shape index (κ3) is 19.4. The van der Waals surface area contributed by atoms with Crippen LogP contribution in [0.2, 0.25) is 0 Å². The van der Waals surface area contributed by atoms with Gasteiger partial charge in [0, 0.05) is 32.4 Å². The number of hydrogen-bond acceptors (Lipinski definition) is 7. The van der Waals surface area contributed by atoms with Gasteiger partial charge in [-0.05, 0) is 26.8 Å². The van der Waals surface area contributed by atoms with E-state index >= 15 is 0 Å². The van der Waals surface area contributed by atoms with Crippen molar-refractivity contribution in [3.05, 3.63) is 73.4 Å². The smallest absolute Gasteiger partial charge is 0.321 e. The van der Waals surface area contributed by atoms with Gasteiger partial charge in [0.05, 0.1) is 14.2 Å². The highest BCUT2D eigenvalue weighted by Gasteiger charge is 2.07. The Morgan fingerprint density at radius 1 is 0.912 bits per heavy atom. The van der Waals surface area contributed by atoms with Crippen LogP contribution in [0.3, 0.4) is 0 Å². The molecule has 0 saturated carbocycles. The highest BCUT2D eigenvalue weighted by atomic mass is 16.5. The number of anilines is 1. The third-order valence-electron chi connectivity index (χ3n) is 3.29. The van der Waals surface area contributed by atoms with Crippen LogP contribution in [-0.4, -0.2) is 45.0 Å². The molecule has 7 nitrogen and oxygen atoms in total. The van der Waals surface area contributed by atoms with Crippen molar-refractivity contribution < 1.29 is 18.9 Å². The molecule has 2 rings (SSSR count). The van der Waals surface area contributed by atoms with E-state index in [0.717, 1.165) is 17.9 Å². The van der Waals surface area contributed by atoms with Crippen molar-refractivity contribution >= 4 is 5.82 Å². The number of hydrogen-bond donors (Lipinski definition) is 1. The second-order valence-corrected chi connectivity index (χ2v) is 5.76. The Balaban J connectivity index is -0.000000616. The van der Waals surface area contributed by atoms with Crippen molar-refractivity contribution in [3.8, 4) is 17.6 Å². The fourth-order valence-corrected chi connectivity index (χ4v) is 1.81. The van der Waals surface area contributed by atoms with Gasteiger partial charge in [0.1, 0.15) is 18.2 Å². The van der Waals surface area contributed by atoms with Gasteiger partial charge >= 0.3 is 6.01 Å². The van der Waals surface area contributed by atoms with Gasteiger partial charge in [0.2, 0.25) is 5.88 Å². The van der Waals surface area contributed by atoms with Crippen molar-refractivity contribution in [1.82, 2.24) is 9.97 Å². The summed E-state index contributed by atoms with van der Waals surface area (Å²) in [6, 6.07) is 9.70. The van der Waals surface area contributed by atoms with Crippen LogP contribution in [-0.2, 0) is 11.3 Å². The molecule has 2 aromatic rings. The summed E-state index contributed by atoms with van der Waals surface area (Å²) < 4.78 is 20.3. The van der Waals surface area contributed by atoms with Gasteiger partial charge in [-0.15, -0.1) is 0 Å². The maximum atomic E-state index is 5.71. The largest absolute Gasteiger partial charge is 0.496 e. The van der Waals surface area contributed by atoms with Gasteiger partial charge in [0.15, 0.2) is 0 Å². The summed E-state index contributed by atoms with van der Waals surface area (Å²) in [5, 5.41) is 3.11. The zero-order valence-corrected chi connectivity index (χ0v) is 22.6. The van der Waals surface area contributed by atoms with E-state index < -0.39 is 0 Å². The molecule has 0 aliphatic heterocycles. The normalized spacial score (nSPS) is 8.62. The van der Waals surface area contributed by atoms with Crippen molar-refractivity contribution in [2.24, 2.45) is 0 Å². The van der Waals surface area contributed by atoms with E-state index in [1.165, 1.54) is 7.11 Å². The van der Waals surface area contributed by atoms with E-state index in [-0.39, 0.29) is 6.01 Å². The van der Waals surface area contributed by atoms with Crippen LogP contribution in [0.5, 0.6) is 17.6 Å². The predicted molar refractivity (Wildman–Crippen MR) is 145 cm³/mol. The number of para-hydroxylation sites is 1. The van der Waals surface area contributed by atoms with Crippen LogP contribution in [0.25, 0.3) is 0 Å². The van der Waals surface area contributed by atoms with E-state index in [4.69, 9.17) is 14.2 Å². The highest BCUT2D eigenvalue weighted by molar-refractivity contribution is 5.40. The number of allylic oxidation sites excluding steroid dienone is 4. The van der Waals surface area contributed by atoms with Crippen LogP contribution in [0.1, 0.15) is 40.2 Å². The average molecular weight is 476 g/mol. The van der Waals surface area contributed by atoms with Crippen molar-refractivity contribution in [3.63, 3.8) is 0 Å². The molecule has 1 heterocycles. The average Bonchev–Trinajstić information content (AvgIpc) is 2.89. The number of rotatable bonds is 8. The number of aromatic nitrogens is 2. The lowest BCUT2D eigenvalue weighted by Gasteiger charge is -2.11. The molecule has 0 amide bonds. The summed E-state index contributed by atoms with van der Waals surface area (Å²) >= 11 is 0. The molecule has 0 spiro atoms. The molecule has 0 unspecified atom stereocenters. The molecule has 34 heavy (non-hydrogen) atoms. The number of methoxy groups -OCH3 is 3. The Kier molecular flexibility index (Phi) is 28.8. The monoisotopic (exact) mass is 475 g/mol. The summed E-state index contributed by atoms with van der Waals surface area (Å²) in [5.74, 6) is 1.90. The van der Waals surface area contributed by atoms with Crippen molar-refractivity contribution in [1.29, 1.82) is 0 Å². The Morgan fingerprint density at radius 3 is 1.91 bits per heavy atom. The minimum absolute atomic E-state index is 0.267.